The largest absolute Gasteiger partial charge is 0.397 e. The Hall–Kier alpha value is -2.57. The molecule has 0 aliphatic heterocycles. The highest BCUT2D eigenvalue weighted by molar-refractivity contribution is 5.96. The zero-order valence-electron chi connectivity index (χ0n) is 8.27. The van der Waals surface area contributed by atoms with Gasteiger partial charge in [0.15, 0.2) is 11.5 Å². The molecule has 7 heteroatoms. The Balaban J connectivity index is 2.31. The van der Waals surface area contributed by atoms with Gasteiger partial charge in [-0.15, -0.1) is 10.2 Å². The molecule has 0 bridgehead atoms. The van der Waals surface area contributed by atoms with E-state index in [0.29, 0.717) is 11.4 Å². The number of rotatable bonds is 3. The number of nitrogens with one attached hydrogen (secondary N) is 2. The molecule has 0 radical (unpaired) electrons. The van der Waals surface area contributed by atoms with E-state index in [-0.39, 0.29) is 11.5 Å². The Morgan fingerprint density at radius 1 is 1.31 bits per heavy atom. The highest BCUT2D eigenvalue weighted by Crippen LogP contribution is 2.22. The second kappa shape index (κ2) is 3.89. The van der Waals surface area contributed by atoms with E-state index in [4.69, 9.17) is 11.5 Å². The smallest absolute Gasteiger partial charge is 0.273 e. The van der Waals surface area contributed by atoms with Gasteiger partial charge in [0.25, 0.3) is 5.91 Å². The van der Waals surface area contributed by atoms with Crippen molar-refractivity contribution in [2.24, 2.45) is 5.73 Å². The lowest BCUT2D eigenvalue weighted by molar-refractivity contribution is 0.0996. The molecule has 1 heterocycles. The average molecular weight is 218 g/mol. The summed E-state index contributed by atoms with van der Waals surface area (Å²) in [5.74, 6) is -0.406. The van der Waals surface area contributed by atoms with Crippen LogP contribution in [0.2, 0.25) is 0 Å². The third kappa shape index (κ3) is 1.78. The lowest BCUT2D eigenvalue weighted by atomic mass is 10.2. The molecule has 82 valence electrons. The van der Waals surface area contributed by atoms with Gasteiger partial charge in [0, 0.05) is 0 Å². The fourth-order valence-corrected chi connectivity index (χ4v) is 1.23. The highest BCUT2D eigenvalue weighted by Gasteiger charge is 2.13. The lowest BCUT2D eigenvalue weighted by Gasteiger charge is -2.06. The monoisotopic (exact) mass is 218 g/mol. The summed E-state index contributed by atoms with van der Waals surface area (Å²) in [6.45, 7) is 0. The number of anilines is 3. The number of aromatic amines is 1. The van der Waals surface area contributed by atoms with Crippen molar-refractivity contribution in [1.82, 2.24) is 15.4 Å². The van der Waals surface area contributed by atoms with Gasteiger partial charge in [0.1, 0.15) is 0 Å². The van der Waals surface area contributed by atoms with E-state index < -0.39 is 5.91 Å². The topological polar surface area (TPSA) is 123 Å². The summed E-state index contributed by atoms with van der Waals surface area (Å²) in [4.78, 5) is 11.0. The molecular weight excluding hydrogens is 208 g/mol. The van der Waals surface area contributed by atoms with E-state index in [1.54, 1.807) is 18.2 Å². The van der Waals surface area contributed by atoms with Crippen molar-refractivity contribution in [2.75, 3.05) is 11.1 Å². The number of carbonyl (C=O) groups is 1. The Kier molecular flexibility index (Phi) is 2.42. The van der Waals surface area contributed by atoms with E-state index in [2.05, 4.69) is 20.7 Å². The summed E-state index contributed by atoms with van der Waals surface area (Å²) in [5, 5.41) is 12.6. The van der Waals surface area contributed by atoms with Crippen LogP contribution in [0, 0.1) is 0 Å². The van der Waals surface area contributed by atoms with Crippen LogP contribution in [0.15, 0.2) is 24.3 Å². The van der Waals surface area contributed by atoms with Gasteiger partial charge in [-0.2, -0.15) is 5.21 Å². The number of para-hydroxylation sites is 2. The van der Waals surface area contributed by atoms with Crippen molar-refractivity contribution < 1.29 is 4.79 Å². The number of nitrogens with two attached hydrogens (primary N) is 2. The number of aromatic nitrogens is 3. The second-order valence-electron chi connectivity index (χ2n) is 3.10. The van der Waals surface area contributed by atoms with Crippen LogP contribution in [0.3, 0.4) is 0 Å². The molecule has 0 fully saturated rings. The molecule has 0 aliphatic carbocycles. The van der Waals surface area contributed by atoms with Crippen LogP contribution in [0.5, 0.6) is 0 Å². The maximum Gasteiger partial charge on any atom is 0.273 e. The number of carbonyl (C=O) groups excluding carboxylic acids is 1. The van der Waals surface area contributed by atoms with Gasteiger partial charge in [-0.1, -0.05) is 12.1 Å². The first-order chi connectivity index (χ1) is 7.68. The van der Waals surface area contributed by atoms with E-state index in [9.17, 15) is 4.79 Å². The summed E-state index contributed by atoms with van der Waals surface area (Å²) in [6.07, 6.45) is 0. The van der Waals surface area contributed by atoms with Crippen molar-refractivity contribution in [1.29, 1.82) is 0 Å². The third-order valence-corrected chi connectivity index (χ3v) is 2.00. The van der Waals surface area contributed by atoms with Gasteiger partial charge in [-0.25, -0.2) is 0 Å². The molecule has 0 atom stereocenters. The first kappa shape index (κ1) is 9.97. The van der Waals surface area contributed by atoms with Crippen molar-refractivity contribution in [3.8, 4) is 0 Å². The van der Waals surface area contributed by atoms with Crippen molar-refractivity contribution in [2.45, 2.75) is 0 Å². The van der Waals surface area contributed by atoms with Crippen molar-refractivity contribution in [3.63, 3.8) is 0 Å². The number of hydrogen-bond acceptors (Lipinski definition) is 5. The van der Waals surface area contributed by atoms with Crippen molar-refractivity contribution in [3.05, 3.63) is 30.0 Å². The van der Waals surface area contributed by atoms with Crippen LogP contribution in [-0.2, 0) is 0 Å². The summed E-state index contributed by atoms with van der Waals surface area (Å²) in [5.41, 5.74) is 12.1. The van der Waals surface area contributed by atoms with Gasteiger partial charge >= 0.3 is 0 Å². The first-order valence-corrected chi connectivity index (χ1v) is 4.50. The second-order valence-corrected chi connectivity index (χ2v) is 3.10. The number of amides is 1. The molecule has 0 saturated heterocycles. The Bertz CT molecular complexity index is 520. The molecule has 6 N–H and O–H groups in total. The molecule has 16 heavy (non-hydrogen) atoms. The van der Waals surface area contributed by atoms with Crippen LogP contribution in [-0.4, -0.2) is 21.3 Å². The van der Waals surface area contributed by atoms with Gasteiger partial charge in [0.2, 0.25) is 0 Å². The lowest BCUT2D eigenvalue weighted by Crippen LogP contribution is -2.13. The van der Waals surface area contributed by atoms with Crippen LogP contribution >= 0.6 is 0 Å². The molecule has 1 aromatic carbocycles. The molecule has 7 nitrogen and oxygen atoms in total. The maximum absolute atomic E-state index is 11.0. The van der Waals surface area contributed by atoms with Gasteiger partial charge in [-0.05, 0) is 12.1 Å². The minimum absolute atomic E-state index is 0.0447. The summed E-state index contributed by atoms with van der Waals surface area (Å²) < 4.78 is 0. The number of benzene rings is 1. The standard InChI is InChI=1S/C9H10N6O/c10-5-3-1-2-4-6(5)12-9-7(8(11)16)13-15-14-9/h1-4H,10H2,(H2,11,16)(H2,12,13,14,15). The highest BCUT2D eigenvalue weighted by atomic mass is 16.1. The van der Waals surface area contributed by atoms with E-state index in [0.717, 1.165) is 0 Å². The molecule has 1 aromatic heterocycles. The molecule has 1 amide bonds. The predicted molar refractivity (Wildman–Crippen MR) is 59.0 cm³/mol. The van der Waals surface area contributed by atoms with Crippen molar-refractivity contribution >= 4 is 23.1 Å². The molecular formula is C9H10N6O. The molecule has 0 unspecified atom stereocenters. The van der Waals surface area contributed by atoms with Crippen LogP contribution in [0.1, 0.15) is 10.5 Å². The van der Waals surface area contributed by atoms with Gasteiger partial charge in [-0.3, -0.25) is 4.79 Å². The zero-order valence-corrected chi connectivity index (χ0v) is 8.27. The third-order valence-electron chi connectivity index (χ3n) is 2.00. The van der Waals surface area contributed by atoms with E-state index >= 15 is 0 Å². The summed E-state index contributed by atoms with van der Waals surface area (Å²) in [6, 6.07) is 7.10. The fraction of sp³-hybridized carbons (Fsp3) is 0. The normalized spacial score (nSPS) is 10.0. The van der Waals surface area contributed by atoms with Gasteiger partial charge in [0.05, 0.1) is 11.4 Å². The van der Waals surface area contributed by atoms with Gasteiger partial charge < -0.3 is 16.8 Å². The molecule has 0 spiro atoms. The number of nitrogen functional groups attached to an aromatic ring is 1. The van der Waals surface area contributed by atoms with Crippen LogP contribution < -0.4 is 16.8 Å². The Labute approximate surface area is 90.8 Å². The van der Waals surface area contributed by atoms with E-state index in [1.165, 1.54) is 0 Å². The number of primary amides is 1. The quantitative estimate of drug-likeness (QED) is 0.549. The maximum atomic E-state index is 11.0. The SMILES string of the molecule is NC(=O)c1n[nH]nc1Nc1ccccc1N. The van der Waals surface area contributed by atoms with Crippen LogP contribution in [0.25, 0.3) is 0 Å². The average Bonchev–Trinajstić information content (AvgIpc) is 2.69. The Morgan fingerprint density at radius 2 is 2.06 bits per heavy atom. The fourth-order valence-electron chi connectivity index (χ4n) is 1.23. The van der Waals surface area contributed by atoms with E-state index in [1.807, 2.05) is 6.07 Å². The van der Waals surface area contributed by atoms with Crippen LogP contribution in [0.4, 0.5) is 17.2 Å². The summed E-state index contributed by atoms with van der Waals surface area (Å²) in [7, 11) is 0. The molecule has 0 saturated carbocycles. The Morgan fingerprint density at radius 3 is 2.75 bits per heavy atom. The number of hydrogen-bond donors (Lipinski definition) is 4. The zero-order chi connectivity index (χ0) is 11.5. The predicted octanol–water partition coefficient (Wildman–Crippen LogP) is 0.229. The summed E-state index contributed by atoms with van der Waals surface area (Å²) >= 11 is 0. The molecule has 2 aromatic rings. The minimum atomic E-state index is -0.661. The minimum Gasteiger partial charge on any atom is -0.397 e. The molecule has 2 rings (SSSR count). The number of H-pyrrole nitrogens is 1. The number of nitrogens with zero attached hydrogens (tertiary/aromatic N) is 2. The molecule has 0 aliphatic rings. The first-order valence-electron chi connectivity index (χ1n) is 4.50.